The number of carbonyl (C=O) groups is 1. The van der Waals surface area contributed by atoms with E-state index in [1.165, 1.54) is 19.2 Å². The lowest BCUT2D eigenvalue weighted by Gasteiger charge is -2.35. The second-order valence-corrected chi connectivity index (χ2v) is 7.52. The summed E-state index contributed by atoms with van der Waals surface area (Å²) in [7, 11) is 1.52. The predicted molar refractivity (Wildman–Crippen MR) is 112 cm³/mol. The molecule has 30 heavy (non-hydrogen) atoms. The van der Waals surface area contributed by atoms with Crippen molar-refractivity contribution in [1.82, 2.24) is 9.80 Å². The second kappa shape index (κ2) is 8.45. The lowest BCUT2D eigenvalue weighted by molar-refractivity contribution is 0.0628. The van der Waals surface area contributed by atoms with Gasteiger partial charge in [-0.1, -0.05) is 17.7 Å². The molecule has 1 aromatic heterocycles. The Hall–Kier alpha value is -2.90. The summed E-state index contributed by atoms with van der Waals surface area (Å²) in [6.45, 7) is 2.45. The van der Waals surface area contributed by atoms with Gasteiger partial charge in [-0.3, -0.25) is 9.69 Å². The summed E-state index contributed by atoms with van der Waals surface area (Å²) >= 11 is 6.12. The molecule has 4 rings (SSSR count). The number of halogens is 2. The zero-order valence-electron chi connectivity index (χ0n) is 16.4. The molecule has 1 aliphatic heterocycles. The Morgan fingerprint density at radius 3 is 2.63 bits per heavy atom. The summed E-state index contributed by atoms with van der Waals surface area (Å²) < 4.78 is 24.4. The Bertz CT molecular complexity index is 1140. The van der Waals surface area contributed by atoms with Gasteiger partial charge in [0.15, 0.2) is 0 Å². The van der Waals surface area contributed by atoms with Crippen LogP contribution in [0, 0.1) is 5.82 Å². The van der Waals surface area contributed by atoms with Crippen molar-refractivity contribution in [3.8, 4) is 5.75 Å². The maximum atomic E-state index is 14.0. The molecule has 0 spiro atoms. The SMILES string of the molecule is COc1ccc2c(C(=O)N3CCN(Cc4c(F)cccc4Cl)CC3)cc(=O)oc2c1. The van der Waals surface area contributed by atoms with E-state index in [0.29, 0.717) is 65.6 Å². The molecule has 2 aromatic carbocycles. The molecule has 1 amide bonds. The number of piperazine rings is 1. The molecule has 1 aliphatic rings. The van der Waals surface area contributed by atoms with Crippen molar-refractivity contribution in [2.45, 2.75) is 6.54 Å². The molecule has 1 saturated heterocycles. The van der Waals surface area contributed by atoms with E-state index in [-0.39, 0.29) is 11.7 Å². The standard InChI is InChI=1S/C22H20ClFN2O4/c1-29-14-5-6-15-16(12-21(27)30-20(15)11-14)22(28)26-9-7-25(8-10-26)13-17-18(23)3-2-4-19(17)24/h2-6,11-12H,7-10,13H2,1H3. The molecule has 3 aromatic rings. The van der Waals surface area contributed by atoms with E-state index in [2.05, 4.69) is 4.90 Å². The molecule has 2 heterocycles. The number of hydrogen-bond acceptors (Lipinski definition) is 5. The highest BCUT2D eigenvalue weighted by molar-refractivity contribution is 6.31. The van der Waals surface area contributed by atoms with E-state index < -0.39 is 5.63 Å². The van der Waals surface area contributed by atoms with Crippen molar-refractivity contribution in [2.75, 3.05) is 33.3 Å². The zero-order chi connectivity index (χ0) is 21.3. The number of rotatable bonds is 4. The number of methoxy groups -OCH3 is 1. The third kappa shape index (κ3) is 4.04. The summed E-state index contributed by atoms with van der Waals surface area (Å²) in [5.41, 5.74) is 0.471. The van der Waals surface area contributed by atoms with Gasteiger partial charge in [0.2, 0.25) is 0 Å². The number of nitrogens with zero attached hydrogens (tertiary/aromatic N) is 2. The van der Waals surface area contributed by atoms with E-state index in [1.807, 2.05) is 0 Å². The van der Waals surface area contributed by atoms with Gasteiger partial charge >= 0.3 is 5.63 Å². The first kappa shape index (κ1) is 20.4. The van der Waals surface area contributed by atoms with E-state index in [1.54, 1.807) is 35.2 Å². The highest BCUT2D eigenvalue weighted by atomic mass is 35.5. The monoisotopic (exact) mass is 430 g/mol. The Kier molecular flexibility index (Phi) is 5.74. The first-order chi connectivity index (χ1) is 14.5. The van der Waals surface area contributed by atoms with Crippen molar-refractivity contribution in [3.63, 3.8) is 0 Å². The Morgan fingerprint density at radius 2 is 1.93 bits per heavy atom. The van der Waals surface area contributed by atoms with Crippen LogP contribution in [0.15, 0.2) is 51.7 Å². The third-order valence-electron chi connectivity index (χ3n) is 5.29. The van der Waals surface area contributed by atoms with Gasteiger partial charge in [0, 0.05) is 60.8 Å². The Labute approximate surface area is 177 Å². The molecule has 0 saturated carbocycles. The smallest absolute Gasteiger partial charge is 0.337 e. The minimum atomic E-state index is -0.591. The highest BCUT2D eigenvalue weighted by Gasteiger charge is 2.25. The molecule has 0 atom stereocenters. The van der Waals surface area contributed by atoms with Crippen molar-refractivity contribution < 1.29 is 18.3 Å². The second-order valence-electron chi connectivity index (χ2n) is 7.11. The first-order valence-electron chi connectivity index (χ1n) is 9.52. The molecular formula is C22H20ClFN2O4. The largest absolute Gasteiger partial charge is 0.497 e. The average Bonchev–Trinajstić information content (AvgIpc) is 2.75. The van der Waals surface area contributed by atoms with Crippen LogP contribution in [0.25, 0.3) is 11.0 Å². The van der Waals surface area contributed by atoms with Crippen molar-refractivity contribution in [3.05, 3.63) is 74.9 Å². The molecule has 0 N–H and O–H groups in total. The topological polar surface area (TPSA) is 63.0 Å². The van der Waals surface area contributed by atoms with Gasteiger partial charge in [0.25, 0.3) is 5.91 Å². The number of ether oxygens (including phenoxy) is 1. The van der Waals surface area contributed by atoms with Crippen molar-refractivity contribution in [1.29, 1.82) is 0 Å². The summed E-state index contributed by atoms with van der Waals surface area (Å²) in [4.78, 5) is 28.8. The van der Waals surface area contributed by atoms with Gasteiger partial charge in [0.05, 0.1) is 12.7 Å². The van der Waals surface area contributed by atoms with Gasteiger partial charge in [0.1, 0.15) is 17.1 Å². The molecule has 0 aliphatic carbocycles. The molecule has 0 bridgehead atoms. The minimum Gasteiger partial charge on any atom is -0.497 e. The molecule has 0 unspecified atom stereocenters. The first-order valence-corrected chi connectivity index (χ1v) is 9.90. The predicted octanol–water partition coefficient (Wildman–Crippen LogP) is 3.55. The lowest BCUT2D eigenvalue weighted by Crippen LogP contribution is -2.48. The van der Waals surface area contributed by atoms with Crippen LogP contribution in [0.3, 0.4) is 0 Å². The van der Waals surface area contributed by atoms with Crippen LogP contribution in [0.1, 0.15) is 15.9 Å². The van der Waals surface area contributed by atoms with Crippen molar-refractivity contribution >= 4 is 28.5 Å². The maximum Gasteiger partial charge on any atom is 0.337 e. The van der Waals surface area contributed by atoms with E-state index in [4.69, 9.17) is 20.8 Å². The van der Waals surface area contributed by atoms with Gasteiger partial charge in [-0.2, -0.15) is 0 Å². The van der Waals surface area contributed by atoms with Gasteiger partial charge in [-0.05, 0) is 24.3 Å². The number of benzene rings is 2. The van der Waals surface area contributed by atoms with E-state index in [9.17, 15) is 14.0 Å². The molecular weight excluding hydrogens is 411 g/mol. The number of amides is 1. The van der Waals surface area contributed by atoms with Gasteiger partial charge < -0.3 is 14.1 Å². The zero-order valence-corrected chi connectivity index (χ0v) is 17.1. The van der Waals surface area contributed by atoms with Crippen LogP contribution < -0.4 is 10.4 Å². The Balaban J connectivity index is 1.50. The summed E-state index contributed by atoms with van der Waals surface area (Å²) in [6.07, 6.45) is 0. The van der Waals surface area contributed by atoms with Crippen LogP contribution >= 0.6 is 11.6 Å². The fraction of sp³-hybridized carbons (Fsp3) is 0.273. The Morgan fingerprint density at radius 1 is 1.17 bits per heavy atom. The summed E-state index contributed by atoms with van der Waals surface area (Å²) in [5.74, 6) is -0.0313. The average molecular weight is 431 g/mol. The molecule has 156 valence electrons. The molecule has 8 heteroatoms. The number of carbonyl (C=O) groups excluding carboxylic acids is 1. The van der Waals surface area contributed by atoms with Gasteiger partial charge in [-0.15, -0.1) is 0 Å². The third-order valence-corrected chi connectivity index (χ3v) is 5.64. The quantitative estimate of drug-likeness (QED) is 0.592. The summed E-state index contributed by atoms with van der Waals surface area (Å²) in [5, 5.41) is 0.951. The van der Waals surface area contributed by atoms with Crippen LogP contribution in [-0.2, 0) is 6.54 Å². The number of hydrogen-bond donors (Lipinski definition) is 0. The van der Waals surface area contributed by atoms with E-state index >= 15 is 0 Å². The molecule has 6 nitrogen and oxygen atoms in total. The van der Waals surface area contributed by atoms with Crippen LogP contribution in [-0.4, -0.2) is 49.0 Å². The van der Waals surface area contributed by atoms with Crippen LogP contribution in [0.2, 0.25) is 5.02 Å². The summed E-state index contributed by atoms with van der Waals surface area (Å²) in [6, 6.07) is 10.9. The molecule has 0 radical (unpaired) electrons. The van der Waals surface area contributed by atoms with Crippen LogP contribution in [0.4, 0.5) is 4.39 Å². The number of fused-ring (bicyclic) bond motifs is 1. The normalized spacial score (nSPS) is 14.8. The van der Waals surface area contributed by atoms with Crippen LogP contribution in [0.5, 0.6) is 5.75 Å². The minimum absolute atomic E-state index is 0.235. The van der Waals surface area contributed by atoms with Gasteiger partial charge in [-0.25, -0.2) is 9.18 Å². The van der Waals surface area contributed by atoms with E-state index in [0.717, 1.165) is 0 Å². The highest BCUT2D eigenvalue weighted by Crippen LogP contribution is 2.25. The lowest BCUT2D eigenvalue weighted by atomic mass is 10.1. The molecule has 1 fully saturated rings. The maximum absolute atomic E-state index is 14.0. The van der Waals surface area contributed by atoms with Crippen molar-refractivity contribution in [2.24, 2.45) is 0 Å². The fourth-order valence-corrected chi connectivity index (χ4v) is 3.86. The fourth-order valence-electron chi connectivity index (χ4n) is 3.63.